The first-order valence-corrected chi connectivity index (χ1v) is 15.2. The third-order valence-electron chi connectivity index (χ3n) is 6.09. The molecule has 0 bridgehead atoms. The van der Waals surface area contributed by atoms with Gasteiger partial charge in [0, 0.05) is 36.3 Å². The van der Waals surface area contributed by atoms with Crippen LogP contribution in [0.25, 0.3) is 40.1 Å². The van der Waals surface area contributed by atoms with Gasteiger partial charge in [0.1, 0.15) is 0 Å². The summed E-state index contributed by atoms with van der Waals surface area (Å²) in [6.07, 6.45) is 7.33. The van der Waals surface area contributed by atoms with Gasteiger partial charge in [-0.25, -0.2) is 17.4 Å². The van der Waals surface area contributed by atoms with Gasteiger partial charge in [0.2, 0.25) is 15.0 Å². The fourth-order valence-electron chi connectivity index (χ4n) is 4.03. The second-order valence-corrected chi connectivity index (χ2v) is 13.1. The zero-order valence-electron chi connectivity index (χ0n) is 21.4. The smallest absolute Gasteiger partial charge is 0.266 e. The molecule has 0 radical (unpaired) electrons. The summed E-state index contributed by atoms with van der Waals surface area (Å²) in [5.41, 5.74) is 2.60. The Bertz CT molecular complexity index is 2060. The van der Waals surface area contributed by atoms with Crippen LogP contribution < -0.4 is 10.1 Å². The number of nitrogens with zero attached hydrogens (tertiary/aromatic N) is 6. The summed E-state index contributed by atoms with van der Waals surface area (Å²) < 4.78 is 29.8. The molecule has 0 unspecified atom stereocenters. The van der Waals surface area contributed by atoms with E-state index < -0.39 is 10.0 Å². The highest BCUT2D eigenvalue weighted by molar-refractivity contribution is 7.89. The highest BCUT2D eigenvalue weighted by Crippen LogP contribution is 2.26. The summed E-state index contributed by atoms with van der Waals surface area (Å²) in [5.74, 6) is 0.466. The van der Waals surface area contributed by atoms with Crippen LogP contribution in [0.15, 0.2) is 88.0 Å². The van der Waals surface area contributed by atoms with Crippen molar-refractivity contribution in [3.05, 3.63) is 109 Å². The Hall–Kier alpha value is -4.23. The molecule has 6 aromatic rings. The van der Waals surface area contributed by atoms with Crippen LogP contribution in [0.1, 0.15) is 16.3 Å². The average Bonchev–Trinajstić information content (AvgIpc) is 3.75. The number of fused-ring (bicyclic) bond motifs is 1. The first kappa shape index (κ1) is 26.0. The van der Waals surface area contributed by atoms with Gasteiger partial charge in [-0.1, -0.05) is 47.7 Å². The maximum absolute atomic E-state index is 13.2. The van der Waals surface area contributed by atoms with E-state index in [0.717, 1.165) is 10.6 Å². The van der Waals surface area contributed by atoms with Crippen molar-refractivity contribution in [1.82, 2.24) is 28.7 Å². The van der Waals surface area contributed by atoms with Gasteiger partial charge in [-0.3, -0.25) is 4.79 Å². The van der Waals surface area contributed by atoms with Crippen LogP contribution in [0.4, 0.5) is 0 Å². The number of sulfonamides is 1. The van der Waals surface area contributed by atoms with Crippen LogP contribution in [0.3, 0.4) is 0 Å². The molecule has 4 heterocycles. The summed E-state index contributed by atoms with van der Waals surface area (Å²) in [5, 5.41) is 11.2. The number of hydrogen-bond acceptors (Lipinski definition) is 8. The molecule has 9 nitrogen and oxygen atoms in total. The first-order chi connectivity index (χ1) is 19.3. The Balaban J connectivity index is 1.43. The molecule has 2 aromatic carbocycles. The number of thiophene rings is 1. The molecule has 0 saturated carbocycles. The van der Waals surface area contributed by atoms with Crippen molar-refractivity contribution >= 4 is 55.9 Å². The van der Waals surface area contributed by atoms with Crippen LogP contribution in [0.2, 0.25) is 0 Å². The van der Waals surface area contributed by atoms with Gasteiger partial charge in [0.05, 0.1) is 20.8 Å². The predicted octanol–water partition coefficient (Wildman–Crippen LogP) is 4.03. The minimum absolute atomic E-state index is 0.186. The highest BCUT2D eigenvalue weighted by atomic mass is 32.2. The van der Waals surface area contributed by atoms with Crippen LogP contribution in [0, 0.1) is 0 Å². The van der Waals surface area contributed by atoms with E-state index in [1.54, 1.807) is 52.4 Å². The summed E-state index contributed by atoms with van der Waals surface area (Å²) in [7, 11) is -0.579. The summed E-state index contributed by atoms with van der Waals surface area (Å²) in [6.45, 7) is 0. The number of hydrogen-bond donors (Lipinski definition) is 0. The van der Waals surface area contributed by atoms with E-state index in [9.17, 15) is 13.2 Å². The molecule has 6 rings (SSSR count). The van der Waals surface area contributed by atoms with Crippen molar-refractivity contribution in [3.63, 3.8) is 0 Å². The second-order valence-electron chi connectivity index (χ2n) is 8.95. The Morgan fingerprint density at radius 2 is 1.70 bits per heavy atom. The lowest BCUT2D eigenvalue weighted by molar-refractivity contribution is 0.521. The van der Waals surface area contributed by atoms with Crippen molar-refractivity contribution in [2.24, 2.45) is 0 Å². The average molecular weight is 587 g/mol. The molecule has 0 amide bonds. The molecule has 0 fully saturated rings. The Labute approximate surface area is 237 Å². The fraction of sp³-hybridized carbons (Fsp3) is 0.0714. The molecule has 0 saturated heterocycles. The third-order valence-corrected chi connectivity index (χ3v) is 9.72. The molecule has 0 aliphatic carbocycles. The van der Waals surface area contributed by atoms with E-state index in [2.05, 4.69) is 10.1 Å². The van der Waals surface area contributed by atoms with Crippen molar-refractivity contribution < 1.29 is 8.42 Å². The monoisotopic (exact) mass is 586 g/mol. The Morgan fingerprint density at radius 1 is 0.925 bits per heavy atom. The van der Waals surface area contributed by atoms with Crippen LogP contribution in [-0.4, -0.2) is 51.2 Å². The lowest BCUT2D eigenvalue weighted by Gasteiger charge is -2.11. The van der Waals surface area contributed by atoms with Crippen molar-refractivity contribution in [2.75, 3.05) is 14.1 Å². The molecule has 0 atom stereocenters. The van der Waals surface area contributed by atoms with E-state index >= 15 is 0 Å². The third kappa shape index (κ3) is 4.93. The van der Waals surface area contributed by atoms with E-state index in [4.69, 9.17) is 5.10 Å². The van der Waals surface area contributed by atoms with Gasteiger partial charge in [-0.15, -0.1) is 16.4 Å². The number of rotatable bonds is 7. The zero-order chi connectivity index (χ0) is 27.9. The van der Waals surface area contributed by atoms with E-state index in [1.807, 2.05) is 60.1 Å². The number of benzene rings is 2. The SMILES string of the molecule is CN(C)S(=O)(=O)c1ccc(-c2nn(-c3ccccc3)cc2/C=c2\sc3nc(/C=C/c4cccs4)nn3c2=O)cc1. The molecule has 0 aliphatic rings. The zero-order valence-corrected chi connectivity index (χ0v) is 23.8. The van der Waals surface area contributed by atoms with Crippen LogP contribution >= 0.6 is 22.7 Å². The predicted molar refractivity (Wildman–Crippen MR) is 159 cm³/mol. The lowest BCUT2D eigenvalue weighted by Crippen LogP contribution is -2.23. The molecular weight excluding hydrogens is 565 g/mol. The second kappa shape index (κ2) is 10.4. The van der Waals surface area contributed by atoms with Gasteiger partial charge in [0.25, 0.3) is 5.56 Å². The summed E-state index contributed by atoms with van der Waals surface area (Å²) >= 11 is 2.86. The van der Waals surface area contributed by atoms with Crippen LogP contribution in [-0.2, 0) is 10.0 Å². The van der Waals surface area contributed by atoms with Crippen molar-refractivity contribution in [1.29, 1.82) is 0 Å². The highest BCUT2D eigenvalue weighted by Gasteiger charge is 2.18. The molecule has 0 N–H and O–H groups in total. The van der Waals surface area contributed by atoms with Gasteiger partial charge in [0.15, 0.2) is 5.82 Å². The quantitative estimate of drug-likeness (QED) is 0.280. The Morgan fingerprint density at radius 3 is 2.38 bits per heavy atom. The van der Waals surface area contributed by atoms with E-state index in [0.29, 0.717) is 32.1 Å². The maximum Gasteiger partial charge on any atom is 0.291 e. The summed E-state index contributed by atoms with van der Waals surface area (Å²) in [4.78, 5) is 19.5. The normalized spacial score (nSPS) is 12.8. The standard InChI is InChI=1S/C28H22N6O3S3/c1-32(2)40(36,37)23-13-10-19(11-14-23)26-20(18-33(31-26)21-7-4-3-5-8-21)17-24-27(35)34-28(39-24)29-25(30-34)15-12-22-9-6-16-38-22/h3-18H,1-2H3/b15-12+,24-17-. The number of thiazole rings is 1. The van der Waals surface area contributed by atoms with Gasteiger partial charge in [-0.2, -0.15) is 14.6 Å². The van der Waals surface area contributed by atoms with Gasteiger partial charge < -0.3 is 0 Å². The largest absolute Gasteiger partial charge is 0.291 e. The minimum Gasteiger partial charge on any atom is -0.266 e. The molecule has 0 aliphatic heterocycles. The molecule has 40 heavy (non-hydrogen) atoms. The van der Waals surface area contributed by atoms with Gasteiger partial charge in [-0.05, 0) is 53.9 Å². The lowest BCUT2D eigenvalue weighted by atomic mass is 10.1. The first-order valence-electron chi connectivity index (χ1n) is 12.1. The summed E-state index contributed by atoms with van der Waals surface area (Å²) in [6, 6.07) is 20.1. The molecule has 200 valence electrons. The van der Waals surface area contributed by atoms with Crippen molar-refractivity contribution in [3.8, 4) is 16.9 Å². The van der Waals surface area contributed by atoms with Crippen molar-refractivity contribution in [2.45, 2.75) is 4.90 Å². The number of para-hydroxylation sites is 1. The Kier molecular flexibility index (Phi) is 6.76. The van der Waals surface area contributed by atoms with E-state index in [-0.39, 0.29) is 10.5 Å². The van der Waals surface area contributed by atoms with Crippen LogP contribution in [0.5, 0.6) is 0 Å². The fourth-order valence-corrected chi connectivity index (χ4v) is 6.45. The minimum atomic E-state index is -3.57. The number of aromatic nitrogens is 5. The molecule has 0 spiro atoms. The molecule has 12 heteroatoms. The van der Waals surface area contributed by atoms with E-state index in [1.165, 1.54) is 34.3 Å². The maximum atomic E-state index is 13.2. The topological polar surface area (TPSA) is 102 Å². The molecule has 4 aromatic heterocycles. The molecular formula is C28H22N6O3S3. The van der Waals surface area contributed by atoms with Gasteiger partial charge >= 0.3 is 0 Å².